The van der Waals surface area contributed by atoms with Gasteiger partial charge in [-0.2, -0.15) is 5.10 Å². The molecule has 0 amide bonds. The van der Waals surface area contributed by atoms with Crippen molar-refractivity contribution in [3.05, 3.63) is 47.0 Å². The van der Waals surface area contributed by atoms with Gasteiger partial charge in [-0.05, 0) is 25.1 Å². The SMILES string of the molecule is CCn1ncnc1CC(CN)c1ccccc1Cl. The molecule has 1 heterocycles. The number of benzene rings is 1. The highest BCUT2D eigenvalue weighted by molar-refractivity contribution is 6.31. The normalized spacial score (nSPS) is 12.6. The van der Waals surface area contributed by atoms with Crippen LogP contribution in [-0.2, 0) is 13.0 Å². The van der Waals surface area contributed by atoms with Crippen LogP contribution < -0.4 is 5.73 Å². The molecule has 2 rings (SSSR count). The van der Waals surface area contributed by atoms with Crippen LogP contribution in [0.15, 0.2) is 30.6 Å². The number of nitrogens with two attached hydrogens (primary N) is 1. The zero-order valence-corrected chi connectivity index (χ0v) is 11.1. The van der Waals surface area contributed by atoms with Crippen molar-refractivity contribution in [1.29, 1.82) is 0 Å². The summed E-state index contributed by atoms with van der Waals surface area (Å²) < 4.78 is 1.89. The first kappa shape index (κ1) is 13.1. The van der Waals surface area contributed by atoms with E-state index >= 15 is 0 Å². The number of halogens is 1. The van der Waals surface area contributed by atoms with Gasteiger partial charge in [0.15, 0.2) is 0 Å². The van der Waals surface area contributed by atoms with E-state index in [-0.39, 0.29) is 5.92 Å². The first-order chi connectivity index (χ1) is 8.76. The molecule has 2 aromatic rings. The summed E-state index contributed by atoms with van der Waals surface area (Å²) in [6.07, 6.45) is 2.34. The summed E-state index contributed by atoms with van der Waals surface area (Å²) in [6.45, 7) is 3.40. The monoisotopic (exact) mass is 264 g/mol. The van der Waals surface area contributed by atoms with E-state index in [9.17, 15) is 0 Å². The third-order valence-electron chi connectivity index (χ3n) is 3.05. The van der Waals surface area contributed by atoms with Gasteiger partial charge >= 0.3 is 0 Å². The summed E-state index contributed by atoms with van der Waals surface area (Å²) in [6, 6.07) is 7.82. The minimum Gasteiger partial charge on any atom is -0.330 e. The zero-order valence-electron chi connectivity index (χ0n) is 10.4. The topological polar surface area (TPSA) is 56.7 Å². The molecule has 0 spiro atoms. The number of hydrogen-bond acceptors (Lipinski definition) is 3. The van der Waals surface area contributed by atoms with Gasteiger partial charge in [0.05, 0.1) is 0 Å². The summed E-state index contributed by atoms with van der Waals surface area (Å²) in [5.41, 5.74) is 6.94. The van der Waals surface area contributed by atoms with Crippen LogP contribution in [0, 0.1) is 0 Å². The maximum Gasteiger partial charge on any atom is 0.138 e. The predicted molar refractivity (Wildman–Crippen MR) is 72.6 cm³/mol. The van der Waals surface area contributed by atoms with Crippen LogP contribution in [0.3, 0.4) is 0 Å². The summed E-state index contributed by atoms with van der Waals surface area (Å²) in [5, 5.41) is 4.93. The molecule has 0 fully saturated rings. The van der Waals surface area contributed by atoms with Crippen molar-refractivity contribution < 1.29 is 0 Å². The highest BCUT2D eigenvalue weighted by Crippen LogP contribution is 2.26. The predicted octanol–water partition coefficient (Wildman–Crippen LogP) is 2.24. The molecule has 0 aliphatic heterocycles. The lowest BCUT2D eigenvalue weighted by Gasteiger charge is -2.16. The summed E-state index contributed by atoms with van der Waals surface area (Å²) in [4.78, 5) is 4.28. The van der Waals surface area contributed by atoms with Crippen LogP contribution in [0.25, 0.3) is 0 Å². The van der Waals surface area contributed by atoms with E-state index in [0.29, 0.717) is 6.54 Å². The summed E-state index contributed by atoms with van der Waals surface area (Å²) in [7, 11) is 0. The molecule has 0 aliphatic rings. The average Bonchev–Trinajstić information content (AvgIpc) is 2.84. The summed E-state index contributed by atoms with van der Waals surface area (Å²) >= 11 is 6.21. The van der Waals surface area contributed by atoms with Crippen molar-refractivity contribution in [2.75, 3.05) is 6.54 Å². The van der Waals surface area contributed by atoms with Gasteiger partial charge in [-0.15, -0.1) is 0 Å². The van der Waals surface area contributed by atoms with Crippen LogP contribution in [0.5, 0.6) is 0 Å². The lowest BCUT2D eigenvalue weighted by molar-refractivity contribution is 0.576. The van der Waals surface area contributed by atoms with Crippen LogP contribution >= 0.6 is 11.6 Å². The first-order valence-corrected chi connectivity index (χ1v) is 6.45. The van der Waals surface area contributed by atoms with E-state index in [1.165, 1.54) is 0 Å². The van der Waals surface area contributed by atoms with Gasteiger partial charge in [0.2, 0.25) is 0 Å². The molecular weight excluding hydrogens is 248 g/mol. The molecule has 96 valence electrons. The van der Waals surface area contributed by atoms with Crippen molar-refractivity contribution in [2.24, 2.45) is 5.73 Å². The van der Waals surface area contributed by atoms with E-state index in [1.54, 1.807) is 6.33 Å². The fourth-order valence-electron chi connectivity index (χ4n) is 2.06. The minimum atomic E-state index is 0.174. The van der Waals surface area contributed by atoms with Gasteiger partial charge in [0, 0.05) is 23.9 Å². The molecule has 0 bridgehead atoms. The lowest BCUT2D eigenvalue weighted by atomic mass is 9.95. The molecule has 0 saturated carbocycles. The van der Waals surface area contributed by atoms with Gasteiger partial charge in [0.1, 0.15) is 12.2 Å². The Balaban J connectivity index is 2.23. The molecular formula is C13H17ClN4. The molecule has 4 nitrogen and oxygen atoms in total. The lowest BCUT2D eigenvalue weighted by Crippen LogP contribution is -2.18. The molecule has 1 atom stereocenters. The Morgan fingerprint density at radius 1 is 1.39 bits per heavy atom. The Kier molecular flexibility index (Phi) is 4.33. The highest BCUT2D eigenvalue weighted by atomic mass is 35.5. The third-order valence-corrected chi connectivity index (χ3v) is 3.40. The van der Waals surface area contributed by atoms with Crippen molar-refractivity contribution in [1.82, 2.24) is 14.8 Å². The molecule has 18 heavy (non-hydrogen) atoms. The average molecular weight is 265 g/mol. The highest BCUT2D eigenvalue weighted by Gasteiger charge is 2.16. The Bertz CT molecular complexity index is 509. The van der Waals surface area contributed by atoms with Crippen LogP contribution in [-0.4, -0.2) is 21.3 Å². The smallest absolute Gasteiger partial charge is 0.138 e. The summed E-state index contributed by atoms with van der Waals surface area (Å²) in [5.74, 6) is 1.13. The van der Waals surface area contributed by atoms with Gasteiger partial charge in [-0.1, -0.05) is 29.8 Å². The maximum absolute atomic E-state index is 6.21. The van der Waals surface area contributed by atoms with E-state index in [1.807, 2.05) is 35.9 Å². The second-order valence-corrected chi connectivity index (χ2v) is 4.56. The molecule has 0 radical (unpaired) electrons. The van der Waals surface area contributed by atoms with Crippen molar-refractivity contribution in [3.63, 3.8) is 0 Å². The standard InChI is InChI=1S/C13H17ClN4/c1-2-18-13(16-9-17-18)7-10(8-15)11-5-3-4-6-12(11)14/h3-6,9-10H,2,7-8,15H2,1H3. The van der Waals surface area contributed by atoms with E-state index in [4.69, 9.17) is 17.3 Å². The molecule has 0 saturated heterocycles. The fourth-order valence-corrected chi connectivity index (χ4v) is 2.35. The first-order valence-electron chi connectivity index (χ1n) is 6.07. The van der Waals surface area contributed by atoms with Crippen molar-refractivity contribution in [2.45, 2.75) is 25.8 Å². The van der Waals surface area contributed by atoms with E-state index in [2.05, 4.69) is 10.1 Å². The zero-order chi connectivity index (χ0) is 13.0. The van der Waals surface area contributed by atoms with Crippen LogP contribution in [0.2, 0.25) is 5.02 Å². The Hall–Kier alpha value is -1.39. The van der Waals surface area contributed by atoms with Gasteiger partial charge < -0.3 is 5.73 Å². The van der Waals surface area contributed by atoms with E-state index < -0.39 is 0 Å². The quantitative estimate of drug-likeness (QED) is 0.901. The molecule has 0 aliphatic carbocycles. The number of aromatic nitrogens is 3. The van der Waals surface area contributed by atoms with Gasteiger partial charge in [-0.3, -0.25) is 4.68 Å². The molecule has 2 N–H and O–H groups in total. The largest absolute Gasteiger partial charge is 0.330 e. The van der Waals surface area contributed by atoms with Gasteiger partial charge in [0.25, 0.3) is 0 Å². The fraction of sp³-hybridized carbons (Fsp3) is 0.385. The minimum absolute atomic E-state index is 0.174. The second kappa shape index (κ2) is 5.98. The molecule has 5 heteroatoms. The molecule has 1 unspecified atom stereocenters. The molecule has 1 aromatic carbocycles. The van der Waals surface area contributed by atoms with Crippen LogP contribution in [0.1, 0.15) is 24.2 Å². The van der Waals surface area contributed by atoms with E-state index in [0.717, 1.165) is 29.4 Å². The van der Waals surface area contributed by atoms with Crippen LogP contribution in [0.4, 0.5) is 0 Å². The maximum atomic E-state index is 6.21. The Morgan fingerprint density at radius 3 is 2.83 bits per heavy atom. The van der Waals surface area contributed by atoms with Crippen molar-refractivity contribution in [3.8, 4) is 0 Å². The van der Waals surface area contributed by atoms with Gasteiger partial charge in [-0.25, -0.2) is 4.98 Å². The Morgan fingerprint density at radius 2 is 2.17 bits per heavy atom. The molecule has 1 aromatic heterocycles. The Labute approximate surface area is 112 Å². The number of aryl methyl sites for hydroxylation is 1. The van der Waals surface area contributed by atoms with Crippen molar-refractivity contribution >= 4 is 11.6 Å². The number of rotatable bonds is 5. The second-order valence-electron chi connectivity index (χ2n) is 4.15. The number of hydrogen-bond donors (Lipinski definition) is 1. The third kappa shape index (κ3) is 2.71. The number of nitrogens with zero attached hydrogens (tertiary/aromatic N) is 3.